The molecular weight excluding hydrogens is 290 g/mol. The molecule has 1 saturated carbocycles. The van der Waals surface area contributed by atoms with Gasteiger partial charge in [0.1, 0.15) is 0 Å². The quantitative estimate of drug-likeness (QED) is 0.778. The predicted octanol–water partition coefficient (Wildman–Crippen LogP) is 3.33. The number of amides is 2. The third kappa shape index (κ3) is 4.32. The largest absolute Gasteiger partial charge is 0.326 e. The maximum atomic E-state index is 12.6. The van der Waals surface area contributed by atoms with Gasteiger partial charge in [0.05, 0.1) is 5.54 Å². The fraction of sp³-hybridized carbons (Fsp3) is 0.556. The average molecular weight is 317 g/mol. The Labute approximate surface area is 138 Å². The van der Waals surface area contributed by atoms with Gasteiger partial charge in [-0.15, -0.1) is 0 Å². The summed E-state index contributed by atoms with van der Waals surface area (Å²) in [7, 11) is 0. The Bertz CT molecular complexity index is 578. The van der Waals surface area contributed by atoms with Gasteiger partial charge in [0.15, 0.2) is 0 Å². The number of rotatable bonds is 5. The summed E-state index contributed by atoms with van der Waals surface area (Å²) < 4.78 is 0. The van der Waals surface area contributed by atoms with Crippen LogP contribution in [0.1, 0.15) is 57.4 Å². The summed E-state index contributed by atoms with van der Waals surface area (Å²) in [6.45, 7) is 3.86. The van der Waals surface area contributed by atoms with Crippen molar-refractivity contribution in [1.82, 2.24) is 0 Å². The topological polar surface area (TPSA) is 84.2 Å². The van der Waals surface area contributed by atoms with E-state index in [0.29, 0.717) is 12.1 Å². The van der Waals surface area contributed by atoms with E-state index in [2.05, 4.69) is 10.6 Å². The fourth-order valence-corrected chi connectivity index (χ4v) is 3.00. The molecular formula is C18H27N3O2. The molecule has 0 unspecified atom stereocenters. The molecule has 0 heterocycles. The van der Waals surface area contributed by atoms with Gasteiger partial charge in [0.25, 0.3) is 0 Å². The third-order valence-corrected chi connectivity index (χ3v) is 4.53. The minimum Gasteiger partial charge on any atom is -0.326 e. The van der Waals surface area contributed by atoms with Crippen molar-refractivity contribution in [2.45, 2.75) is 64.3 Å². The molecule has 1 aliphatic rings. The summed E-state index contributed by atoms with van der Waals surface area (Å²) in [5.41, 5.74) is 7.80. The molecule has 0 bridgehead atoms. The molecule has 1 aliphatic carbocycles. The van der Waals surface area contributed by atoms with Crippen molar-refractivity contribution < 1.29 is 9.59 Å². The highest BCUT2D eigenvalue weighted by Gasteiger charge is 2.35. The molecule has 1 aromatic carbocycles. The molecule has 1 fully saturated rings. The van der Waals surface area contributed by atoms with Gasteiger partial charge in [-0.05, 0) is 43.9 Å². The standard InChI is InChI=1S/C18H27N3O2/c1-3-8-16(22)20-14-9-7-10-15(13(14)2)21-17(23)18(19)11-5-4-6-12-18/h7,9-10H,3-6,8,11-12,19H2,1-2H3,(H,20,22)(H,21,23). The highest BCUT2D eigenvalue weighted by Crippen LogP contribution is 2.29. The first-order valence-electron chi connectivity index (χ1n) is 8.46. The van der Waals surface area contributed by atoms with Crippen LogP contribution in [0.4, 0.5) is 11.4 Å². The second kappa shape index (κ2) is 7.59. The first-order chi connectivity index (χ1) is 11.0. The number of nitrogens with one attached hydrogen (secondary N) is 2. The van der Waals surface area contributed by atoms with E-state index in [1.54, 1.807) is 0 Å². The minimum atomic E-state index is -0.772. The second-order valence-electron chi connectivity index (χ2n) is 6.45. The molecule has 23 heavy (non-hydrogen) atoms. The van der Waals surface area contributed by atoms with Crippen molar-refractivity contribution in [3.8, 4) is 0 Å². The summed E-state index contributed by atoms with van der Waals surface area (Å²) in [5.74, 6) is -0.140. The Hall–Kier alpha value is -1.88. The van der Waals surface area contributed by atoms with E-state index in [1.165, 1.54) is 0 Å². The lowest BCUT2D eigenvalue weighted by molar-refractivity contribution is -0.122. The molecule has 0 radical (unpaired) electrons. The highest BCUT2D eigenvalue weighted by molar-refractivity contribution is 6.00. The number of hydrogen-bond donors (Lipinski definition) is 3. The average Bonchev–Trinajstić information content (AvgIpc) is 2.52. The lowest BCUT2D eigenvalue weighted by Gasteiger charge is -2.32. The molecule has 1 aromatic rings. The zero-order valence-electron chi connectivity index (χ0n) is 14.1. The summed E-state index contributed by atoms with van der Waals surface area (Å²) in [6.07, 6.45) is 5.88. The smallest absolute Gasteiger partial charge is 0.244 e. The summed E-state index contributed by atoms with van der Waals surface area (Å²) in [4.78, 5) is 24.3. The molecule has 0 spiro atoms. The molecule has 0 aromatic heterocycles. The molecule has 0 atom stereocenters. The van der Waals surface area contributed by atoms with Crippen LogP contribution in [-0.2, 0) is 9.59 Å². The van der Waals surface area contributed by atoms with Crippen LogP contribution >= 0.6 is 0 Å². The van der Waals surface area contributed by atoms with Crippen LogP contribution in [0.25, 0.3) is 0 Å². The normalized spacial score (nSPS) is 16.7. The number of anilines is 2. The Kier molecular flexibility index (Phi) is 5.77. The van der Waals surface area contributed by atoms with Crippen LogP contribution in [0.5, 0.6) is 0 Å². The van der Waals surface area contributed by atoms with Crippen LogP contribution in [-0.4, -0.2) is 17.4 Å². The van der Waals surface area contributed by atoms with E-state index in [1.807, 2.05) is 32.0 Å². The Morgan fingerprint density at radius 2 is 1.74 bits per heavy atom. The summed E-state index contributed by atoms with van der Waals surface area (Å²) >= 11 is 0. The van der Waals surface area contributed by atoms with Crippen molar-refractivity contribution in [2.24, 2.45) is 5.73 Å². The van der Waals surface area contributed by atoms with Gasteiger partial charge >= 0.3 is 0 Å². The molecule has 0 saturated heterocycles. The molecule has 4 N–H and O–H groups in total. The zero-order chi connectivity index (χ0) is 16.9. The van der Waals surface area contributed by atoms with Crippen LogP contribution in [0, 0.1) is 6.92 Å². The van der Waals surface area contributed by atoms with E-state index in [0.717, 1.165) is 49.8 Å². The van der Waals surface area contributed by atoms with Crippen molar-refractivity contribution in [3.05, 3.63) is 23.8 Å². The van der Waals surface area contributed by atoms with Gasteiger partial charge in [0.2, 0.25) is 11.8 Å². The Balaban J connectivity index is 2.11. The zero-order valence-corrected chi connectivity index (χ0v) is 14.1. The van der Waals surface area contributed by atoms with Crippen LogP contribution in [0.3, 0.4) is 0 Å². The van der Waals surface area contributed by atoms with Gasteiger partial charge in [0, 0.05) is 17.8 Å². The Morgan fingerprint density at radius 1 is 1.13 bits per heavy atom. The van der Waals surface area contributed by atoms with Gasteiger partial charge in [-0.25, -0.2) is 0 Å². The molecule has 0 aliphatic heterocycles. The fourth-order valence-electron chi connectivity index (χ4n) is 3.00. The van der Waals surface area contributed by atoms with E-state index < -0.39 is 5.54 Å². The third-order valence-electron chi connectivity index (χ3n) is 4.53. The Morgan fingerprint density at radius 3 is 2.35 bits per heavy atom. The first kappa shape index (κ1) is 17.5. The van der Waals surface area contributed by atoms with E-state index >= 15 is 0 Å². The van der Waals surface area contributed by atoms with Crippen molar-refractivity contribution in [2.75, 3.05) is 10.6 Å². The predicted molar refractivity (Wildman–Crippen MR) is 93.3 cm³/mol. The number of nitrogens with two attached hydrogens (primary N) is 1. The van der Waals surface area contributed by atoms with Crippen molar-refractivity contribution in [1.29, 1.82) is 0 Å². The summed E-state index contributed by atoms with van der Waals surface area (Å²) in [6, 6.07) is 5.51. The van der Waals surface area contributed by atoms with Gasteiger partial charge in [-0.1, -0.05) is 32.3 Å². The highest BCUT2D eigenvalue weighted by atomic mass is 16.2. The molecule has 2 rings (SSSR count). The van der Waals surface area contributed by atoms with Crippen LogP contribution in [0.15, 0.2) is 18.2 Å². The number of hydrogen-bond acceptors (Lipinski definition) is 3. The molecule has 5 heteroatoms. The second-order valence-corrected chi connectivity index (χ2v) is 6.45. The molecule has 126 valence electrons. The van der Waals surface area contributed by atoms with E-state index in [4.69, 9.17) is 5.73 Å². The SMILES string of the molecule is CCCC(=O)Nc1cccc(NC(=O)C2(N)CCCCC2)c1C. The monoisotopic (exact) mass is 317 g/mol. The number of carbonyl (C=O) groups excluding carboxylic acids is 2. The maximum absolute atomic E-state index is 12.6. The minimum absolute atomic E-state index is 0.0124. The first-order valence-corrected chi connectivity index (χ1v) is 8.46. The van der Waals surface area contributed by atoms with E-state index in [-0.39, 0.29) is 11.8 Å². The number of carbonyl (C=O) groups is 2. The van der Waals surface area contributed by atoms with Crippen LogP contribution in [0.2, 0.25) is 0 Å². The lowest BCUT2D eigenvalue weighted by Crippen LogP contribution is -2.52. The van der Waals surface area contributed by atoms with Gasteiger partial charge < -0.3 is 16.4 Å². The lowest BCUT2D eigenvalue weighted by atomic mass is 9.82. The van der Waals surface area contributed by atoms with Crippen molar-refractivity contribution >= 4 is 23.2 Å². The van der Waals surface area contributed by atoms with Gasteiger partial charge in [-0.3, -0.25) is 9.59 Å². The van der Waals surface area contributed by atoms with E-state index in [9.17, 15) is 9.59 Å². The van der Waals surface area contributed by atoms with Crippen LogP contribution < -0.4 is 16.4 Å². The molecule has 2 amide bonds. The van der Waals surface area contributed by atoms with Gasteiger partial charge in [-0.2, -0.15) is 0 Å². The van der Waals surface area contributed by atoms with Crippen molar-refractivity contribution in [3.63, 3.8) is 0 Å². The maximum Gasteiger partial charge on any atom is 0.244 e. The number of benzene rings is 1. The molecule has 5 nitrogen and oxygen atoms in total. The summed E-state index contributed by atoms with van der Waals surface area (Å²) in [5, 5.41) is 5.84.